The van der Waals surface area contributed by atoms with E-state index in [9.17, 15) is 27.7 Å². The molecule has 3 aromatic rings. The highest BCUT2D eigenvalue weighted by atomic mass is 32.2. The van der Waals surface area contributed by atoms with E-state index in [0.29, 0.717) is 5.69 Å². The molecule has 0 unspecified atom stereocenters. The molecule has 0 aliphatic carbocycles. The molecule has 0 bridgehead atoms. The Balaban J connectivity index is 1.78. The molecule has 1 amide bonds. The lowest BCUT2D eigenvalue weighted by Gasteiger charge is -2.05. The van der Waals surface area contributed by atoms with Crippen LogP contribution in [0.15, 0.2) is 65.8 Å². The summed E-state index contributed by atoms with van der Waals surface area (Å²) in [6, 6.07) is 9.41. The van der Waals surface area contributed by atoms with Crippen molar-refractivity contribution in [2.24, 2.45) is 0 Å². The van der Waals surface area contributed by atoms with Gasteiger partial charge in [0, 0.05) is 18.3 Å². The molecule has 1 N–H and O–H groups in total. The summed E-state index contributed by atoms with van der Waals surface area (Å²) < 4.78 is 40.4. The molecule has 0 aliphatic heterocycles. The number of non-ortho nitro benzene ring substituents is 1. The molecule has 1 aromatic heterocycles. The molecule has 138 valence electrons. The Morgan fingerprint density at radius 1 is 1.11 bits per heavy atom. The highest BCUT2D eigenvalue weighted by molar-refractivity contribution is 7.90. The number of rotatable bonds is 5. The van der Waals surface area contributed by atoms with Gasteiger partial charge in [-0.05, 0) is 36.4 Å². The molecule has 0 saturated carbocycles. The van der Waals surface area contributed by atoms with Crippen molar-refractivity contribution in [2.75, 3.05) is 0 Å². The number of nitro groups is 1. The van der Waals surface area contributed by atoms with Crippen LogP contribution in [0.5, 0.6) is 0 Å². The van der Waals surface area contributed by atoms with Crippen LogP contribution < -0.4 is 4.72 Å². The molecular formula is C16H11FN4O5S. The van der Waals surface area contributed by atoms with Crippen molar-refractivity contribution in [1.29, 1.82) is 0 Å². The molecule has 3 rings (SSSR count). The van der Waals surface area contributed by atoms with Crippen molar-refractivity contribution in [3.63, 3.8) is 0 Å². The van der Waals surface area contributed by atoms with Gasteiger partial charge in [0.05, 0.1) is 27.3 Å². The van der Waals surface area contributed by atoms with E-state index < -0.39 is 26.7 Å². The third-order valence-electron chi connectivity index (χ3n) is 3.52. The van der Waals surface area contributed by atoms with Gasteiger partial charge in [-0.2, -0.15) is 5.10 Å². The van der Waals surface area contributed by atoms with E-state index in [1.54, 1.807) is 0 Å². The van der Waals surface area contributed by atoms with Crippen molar-refractivity contribution < 1.29 is 22.5 Å². The minimum absolute atomic E-state index is 0.0426. The summed E-state index contributed by atoms with van der Waals surface area (Å²) in [6.07, 6.45) is 2.42. The monoisotopic (exact) mass is 390 g/mol. The average Bonchev–Trinajstić information content (AvgIpc) is 3.12. The minimum Gasteiger partial charge on any atom is -0.268 e. The number of halogens is 1. The van der Waals surface area contributed by atoms with Crippen LogP contribution in [0.3, 0.4) is 0 Å². The highest BCUT2D eigenvalue weighted by Crippen LogP contribution is 2.16. The standard InChI is InChI=1S/C16H11FN4O5S/c17-12-1-7-15(8-2-12)27(25,26)19-16(22)11-9-18-20(10-11)13-3-5-14(6-4-13)21(23)24/h1-10H,(H,19,22). The fourth-order valence-electron chi connectivity index (χ4n) is 2.16. The Morgan fingerprint density at radius 3 is 2.33 bits per heavy atom. The molecular weight excluding hydrogens is 379 g/mol. The Hall–Kier alpha value is -3.60. The van der Waals surface area contributed by atoms with Crippen molar-refractivity contribution in [2.45, 2.75) is 4.90 Å². The molecule has 0 atom stereocenters. The first-order valence-corrected chi connectivity index (χ1v) is 8.87. The average molecular weight is 390 g/mol. The summed E-state index contributed by atoms with van der Waals surface area (Å²) in [5.41, 5.74) is 0.300. The number of amides is 1. The second-order valence-electron chi connectivity index (χ2n) is 5.34. The number of sulfonamides is 1. The van der Waals surface area contributed by atoms with Gasteiger partial charge in [-0.1, -0.05) is 0 Å². The first-order chi connectivity index (χ1) is 12.8. The summed E-state index contributed by atoms with van der Waals surface area (Å²) >= 11 is 0. The SMILES string of the molecule is O=C(NS(=O)(=O)c1ccc(F)cc1)c1cnn(-c2ccc([N+](=O)[O-])cc2)c1. The molecule has 27 heavy (non-hydrogen) atoms. The van der Waals surface area contributed by atoms with Gasteiger partial charge in [-0.15, -0.1) is 0 Å². The quantitative estimate of drug-likeness (QED) is 0.525. The highest BCUT2D eigenvalue weighted by Gasteiger charge is 2.20. The summed E-state index contributed by atoms with van der Waals surface area (Å²) in [5, 5.41) is 14.6. The molecule has 0 radical (unpaired) electrons. The topological polar surface area (TPSA) is 124 Å². The molecule has 0 spiro atoms. The number of nitro benzene ring substituents is 1. The van der Waals surface area contributed by atoms with E-state index in [2.05, 4.69) is 5.10 Å². The van der Waals surface area contributed by atoms with Crippen LogP contribution in [0.1, 0.15) is 10.4 Å². The fourth-order valence-corrected chi connectivity index (χ4v) is 3.14. The number of benzene rings is 2. The van der Waals surface area contributed by atoms with E-state index in [0.717, 1.165) is 30.5 Å². The number of aromatic nitrogens is 2. The predicted molar refractivity (Wildman–Crippen MR) is 91.3 cm³/mol. The molecule has 9 nitrogen and oxygen atoms in total. The van der Waals surface area contributed by atoms with Crippen LogP contribution in [0.2, 0.25) is 0 Å². The third kappa shape index (κ3) is 3.98. The van der Waals surface area contributed by atoms with Crippen LogP contribution in [-0.2, 0) is 10.0 Å². The molecule has 11 heteroatoms. The number of nitrogens with one attached hydrogen (secondary N) is 1. The maximum Gasteiger partial charge on any atom is 0.269 e. The zero-order valence-corrected chi connectivity index (χ0v) is 14.3. The van der Waals surface area contributed by atoms with Gasteiger partial charge in [-0.25, -0.2) is 22.2 Å². The van der Waals surface area contributed by atoms with Gasteiger partial charge >= 0.3 is 0 Å². The molecule has 1 heterocycles. The maximum atomic E-state index is 12.9. The third-order valence-corrected chi connectivity index (χ3v) is 4.87. The zero-order chi connectivity index (χ0) is 19.6. The lowest BCUT2D eigenvalue weighted by Crippen LogP contribution is -2.30. The van der Waals surface area contributed by atoms with Crippen molar-refractivity contribution in [3.05, 3.63) is 82.4 Å². The van der Waals surface area contributed by atoms with E-state index in [4.69, 9.17) is 0 Å². The summed E-state index contributed by atoms with van der Waals surface area (Å²) in [4.78, 5) is 22.0. The van der Waals surface area contributed by atoms with Crippen molar-refractivity contribution >= 4 is 21.6 Å². The number of carbonyl (C=O) groups is 1. The largest absolute Gasteiger partial charge is 0.269 e. The van der Waals surface area contributed by atoms with Crippen LogP contribution in [-0.4, -0.2) is 29.0 Å². The van der Waals surface area contributed by atoms with E-state index in [1.807, 2.05) is 4.72 Å². The number of hydrogen-bond acceptors (Lipinski definition) is 6. The second kappa shape index (κ2) is 6.96. The van der Waals surface area contributed by atoms with Gasteiger partial charge in [0.25, 0.3) is 21.6 Å². The normalized spacial score (nSPS) is 11.1. The first kappa shape index (κ1) is 18.2. The zero-order valence-electron chi connectivity index (χ0n) is 13.4. The Labute approximate surface area is 152 Å². The van der Waals surface area contributed by atoms with Gasteiger partial charge in [0.15, 0.2) is 0 Å². The van der Waals surface area contributed by atoms with Crippen LogP contribution in [0.4, 0.5) is 10.1 Å². The number of carbonyl (C=O) groups excluding carboxylic acids is 1. The van der Waals surface area contributed by atoms with Crippen LogP contribution >= 0.6 is 0 Å². The maximum absolute atomic E-state index is 12.9. The van der Waals surface area contributed by atoms with Gasteiger partial charge in [0.2, 0.25) is 0 Å². The molecule has 0 fully saturated rings. The Morgan fingerprint density at radius 2 is 1.74 bits per heavy atom. The van der Waals surface area contributed by atoms with Gasteiger partial charge < -0.3 is 0 Å². The van der Waals surface area contributed by atoms with Crippen molar-refractivity contribution in [1.82, 2.24) is 14.5 Å². The number of nitrogens with zero attached hydrogens (tertiary/aromatic N) is 3. The lowest BCUT2D eigenvalue weighted by molar-refractivity contribution is -0.384. The molecule has 2 aromatic carbocycles. The first-order valence-electron chi connectivity index (χ1n) is 7.38. The van der Waals surface area contributed by atoms with Crippen molar-refractivity contribution in [3.8, 4) is 5.69 Å². The van der Waals surface area contributed by atoms with Crippen LogP contribution in [0, 0.1) is 15.9 Å². The van der Waals surface area contributed by atoms with Gasteiger partial charge in [0.1, 0.15) is 5.82 Å². The summed E-state index contributed by atoms with van der Waals surface area (Å²) in [5.74, 6) is -1.53. The molecule has 0 aliphatic rings. The summed E-state index contributed by atoms with van der Waals surface area (Å²) in [6.45, 7) is 0. The van der Waals surface area contributed by atoms with Gasteiger partial charge in [-0.3, -0.25) is 14.9 Å². The van der Waals surface area contributed by atoms with E-state index in [1.165, 1.54) is 35.1 Å². The number of hydrogen-bond donors (Lipinski definition) is 1. The fraction of sp³-hybridized carbons (Fsp3) is 0. The van der Waals surface area contributed by atoms with E-state index in [-0.39, 0.29) is 16.1 Å². The second-order valence-corrected chi connectivity index (χ2v) is 7.02. The smallest absolute Gasteiger partial charge is 0.268 e. The Bertz CT molecular complexity index is 1110. The lowest BCUT2D eigenvalue weighted by atomic mass is 10.3. The Kier molecular flexibility index (Phi) is 4.69. The van der Waals surface area contributed by atoms with Crippen LogP contribution in [0.25, 0.3) is 5.69 Å². The minimum atomic E-state index is -4.17. The predicted octanol–water partition coefficient (Wildman–Crippen LogP) is 2.04. The summed E-state index contributed by atoms with van der Waals surface area (Å²) in [7, 11) is -4.17. The van der Waals surface area contributed by atoms with E-state index >= 15 is 0 Å². The molecule has 0 saturated heterocycles.